The van der Waals surface area contributed by atoms with E-state index in [4.69, 9.17) is 21.5 Å². The van der Waals surface area contributed by atoms with Crippen LogP contribution in [0.3, 0.4) is 0 Å². The third kappa shape index (κ3) is 4.92. The second-order valence-electron chi connectivity index (χ2n) is 7.04. The molecular weight excluding hydrogens is 479 g/mol. The molecule has 2 N–H and O–H groups in total. The molecule has 11 heteroatoms. The number of fused-ring (bicyclic) bond motifs is 1. The number of nitrogens with zero attached hydrogens (tertiary/aromatic N) is 2. The maximum absolute atomic E-state index is 13.4. The molecule has 0 unspecified atom stereocenters. The molecule has 0 aliphatic carbocycles. The van der Waals surface area contributed by atoms with Crippen LogP contribution in [-0.4, -0.2) is 18.4 Å². The average Bonchev–Trinajstić information content (AvgIpc) is 2.77. The first-order valence-electron chi connectivity index (χ1n) is 9.39. The summed E-state index contributed by atoms with van der Waals surface area (Å²) in [5.74, 6) is 0.356. The number of rotatable bonds is 5. The third-order valence-electron chi connectivity index (χ3n) is 4.80. The molecule has 170 valence electrons. The van der Waals surface area contributed by atoms with Gasteiger partial charge in [0.2, 0.25) is 10.0 Å². The maximum atomic E-state index is 13.4. The molecule has 33 heavy (non-hydrogen) atoms. The van der Waals surface area contributed by atoms with Gasteiger partial charge in [0.05, 0.1) is 26.7 Å². The fourth-order valence-electron chi connectivity index (χ4n) is 3.29. The van der Waals surface area contributed by atoms with Crippen LogP contribution >= 0.6 is 11.6 Å². The molecular formula is C22H15ClF3N3O3S. The van der Waals surface area contributed by atoms with Crippen LogP contribution in [0.2, 0.25) is 5.02 Å². The van der Waals surface area contributed by atoms with Crippen LogP contribution < -0.4 is 9.88 Å². The van der Waals surface area contributed by atoms with Crippen LogP contribution in [0.4, 0.5) is 13.2 Å². The van der Waals surface area contributed by atoms with E-state index in [1.807, 2.05) is 0 Å². The van der Waals surface area contributed by atoms with Crippen molar-refractivity contribution in [1.82, 2.24) is 9.97 Å². The van der Waals surface area contributed by atoms with Crippen LogP contribution in [0.1, 0.15) is 11.1 Å². The molecule has 0 fully saturated rings. The van der Waals surface area contributed by atoms with Crippen molar-refractivity contribution in [3.63, 3.8) is 0 Å². The second-order valence-corrected chi connectivity index (χ2v) is 9.01. The predicted molar refractivity (Wildman–Crippen MR) is 117 cm³/mol. The van der Waals surface area contributed by atoms with Gasteiger partial charge in [-0.2, -0.15) is 13.2 Å². The summed E-state index contributed by atoms with van der Waals surface area (Å²) in [7, 11) is -3.86. The Bertz CT molecular complexity index is 1460. The minimum atomic E-state index is -4.58. The van der Waals surface area contributed by atoms with Gasteiger partial charge in [0.25, 0.3) is 0 Å². The van der Waals surface area contributed by atoms with Crippen LogP contribution in [-0.2, 0) is 22.8 Å². The van der Waals surface area contributed by atoms with E-state index < -0.39 is 21.8 Å². The number of para-hydroxylation sites is 1. The van der Waals surface area contributed by atoms with Crippen molar-refractivity contribution in [2.24, 2.45) is 5.14 Å². The Hall–Kier alpha value is -3.21. The molecule has 0 spiro atoms. The summed E-state index contributed by atoms with van der Waals surface area (Å²) in [6.45, 7) is 0.0210. The maximum Gasteiger partial charge on any atom is 0.418 e. The van der Waals surface area contributed by atoms with Gasteiger partial charge in [0, 0.05) is 10.9 Å². The lowest BCUT2D eigenvalue weighted by atomic mass is 10.0. The van der Waals surface area contributed by atoms with E-state index in [9.17, 15) is 21.6 Å². The first-order chi connectivity index (χ1) is 15.5. The Labute approximate surface area is 191 Å². The van der Waals surface area contributed by atoms with Crippen molar-refractivity contribution < 1.29 is 26.3 Å². The zero-order valence-electron chi connectivity index (χ0n) is 16.7. The van der Waals surface area contributed by atoms with Gasteiger partial charge in [0.1, 0.15) is 18.7 Å². The minimum Gasteiger partial charge on any atom is -0.489 e. The first kappa shape index (κ1) is 23.0. The van der Waals surface area contributed by atoms with E-state index in [1.165, 1.54) is 36.4 Å². The average molecular weight is 494 g/mol. The molecule has 0 bridgehead atoms. The van der Waals surface area contributed by atoms with Gasteiger partial charge in [0.15, 0.2) is 0 Å². The lowest BCUT2D eigenvalue weighted by Crippen LogP contribution is -2.12. The number of aromatic nitrogens is 2. The highest BCUT2D eigenvalue weighted by Crippen LogP contribution is 2.38. The number of hydrogen-bond acceptors (Lipinski definition) is 5. The summed E-state index contributed by atoms with van der Waals surface area (Å²) < 4.78 is 69.0. The molecule has 1 aromatic heterocycles. The van der Waals surface area contributed by atoms with Gasteiger partial charge >= 0.3 is 6.18 Å². The quantitative estimate of drug-likeness (QED) is 0.412. The summed E-state index contributed by atoms with van der Waals surface area (Å²) >= 11 is 6.33. The number of halogens is 4. The zero-order chi connectivity index (χ0) is 23.8. The SMILES string of the molecule is NS(=O)(=O)c1cccc(COc2ccc(Cl)c(-c3ncnc4c(C(F)(F)F)cccc34)c2)c1. The highest BCUT2D eigenvalue weighted by atomic mass is 35.5. The number of benzene rings is 3. The minimum absolute atomic E-state index is 0.0210. The fourth-order valence-corrected chi connectivity index (χ4v) is 4.08. The Morgan fingerprint density at radius 1 is 1.00 bits per heavy atom. The van der Waals surface area contributed by atoms with E-state index in [0.29, 0.717) is 16.9 Å². The number of sulfonamides is 1. The van der Waals surface area contributed by atoms with Gasteiger partial charge in [-0.05, 0) is 42.0 Å². The third-order valence-corrected chi connectivity index (χ3v) is 6.04. The van der Waals surface area contributed by atoms with E-state index in [1.54, 1.807) is 18.2 Å². The lowest BCUT2D eigenvalue weighted by Gasteiger charge is -2.13. The van der Waals surface area contributed by atoms with E-state index in [-0.39, 0.29) is 33.1 Å². The van der Waals surface area contributed by atoms with Crippen LogP contribution in [0, 0.1) is 0 Å². The van der Waals surface area contributed by atoms with Crippen LogP contribution in [0.25, 0.3) is 22.2 Å². The van der Waals surface area contributed by atoms with Crippen LogP contribution in [0.5, 0.6) is 5.75 Å². The molecule has 0 saturated carbocycles. The molecule has 4 aromatic rings. The van der Waals surface area contributed by atoms with Gasteiger partial charge in [-0.25, -0.2) is 23.5 Å². The van der Waals surface area contributed by atoms with Crippen LogP contribution in [0.15, 0.2) is 71.9 Å². The molecule has 4 rings (SSSR count). The van der Waals surface area contributed by atoms with Gasteiger partial charge in [-0.3, -0.25) is 0 Å². The Balaban J connectivity index is 1.70. The fraction of sp³-hybridized carbons (Fsp3) is 0.0909. The van der Waals surface area contributed by atoms with Gasteiger partial charge in [-0.1, -0.05) is 35.9 Å². The molecule has 0 saturated heterocycles. The smallest absolute Gasteiger partial charge is 0.418 e. The number of hydrogen-bond donors (Lipinski definition) is 1. The van der Waals surface area contributed by atoms with Crippen molar-refractivity contribution in [3.05, 3.63) is 83.1 Å². The Morgan fingerprint density at radius 2 is 1.76 bits per heavy atom. The molecule has 0 amide bonds. The van der Waals surface area contributed by atoms with Crippen molar-refractivity contribution in [2.45, 2.75) is 17.7 Å². The molecule has 0 aliphatic rings. The molecule has 0 atom stereocenters. The van der Waals surface area contributed by atoms with Crippen molar-refractivity contribution in [2.75, 3.05) is 0 Å². The Morgan fingerprint density at radius 3 is 2.48 bits per heavy atom. The first-order valence-corrected chi connectivity index (χ1v) is 11.3. The highest BCUT2D eigenvalue weighted by molar-refractivity contribution is 7.89. The summed E-state index contributed by atoms with van der Waals surface area (Å²) in [6, 6.07) is 14.4. The molecule has 3 aromatic carbocycles. The molecule has 0 aliphatic heterocycles. The molecule has 0 radical (unpaired) electrons. The van der Waals surface area contributed by atoms with E-state index >= 15 is 0 Å². The number of nitrogens with two attached hydrogens (primary N) is 1. The summed E-state index contributed by atoms with van der Waals surface area (Å²) in [5, 5.41) is 5.60. The predicted octanol–water partition coefficient (Wildman–Crippen LogP) is 5.20. The van der Waals surface area contributed by atoms with E-state index in [0.717, 1.165) is 12.4 Å². The highest BCUT2D eigenvalue weighted by Gasteiger charge is 2.33. The standard InChI is InChI=1S/C22H15ClF3N3O3S/c23-19-8-7-14(32-11-13-3-1-4-15(9-13)33(27,30)31)10-17(19)20-16-5-2-6-18(22(24,25)26)21(16)29-12-28-20/h1-10,12H,11H2,(H2,27,30,31). The zero-order valence-corrected chi connectivity index (χ0v) is 18.2. The number of primary sulfonamides is 1. The van der Waals surface area contributed by atoms with E-state index in [2.05, 4.69) is 9.97 Å². The number of alkyl halides is 3. The topological polar surface area (TPSA) is 95.2 Å². The summed E-state index contributed by atoms with van der Waals surface area (Å²) in [5.41, 5.74) is 0.0244. The van der Waals surface area contributed by atoms with Crippen molar-refractivity contribution in [3.8, 4) is 17.0 Å². The summed E-state index contributed by atoms with van der Waals surface area (Å²) in [4.78, 5) is 7.94. The normalized spacial score (nSPS) is 12.2. The largest absolute Gasteiger partial charge is 0.489 e. The Kier molecular flexibility index (Phi) is 6.00. The van der Waals surface area contributed by atoms with Gasteiger partial charge < -0.3 is 4.74 Å². The van der Waals surface area contributed by atoms with Crippen molar-refractivity contribution in [1.29, 1.82) is 0 Å². The lowest BCUT2D eigenvalue weighted by molar-refractivity contribution is -0.136. The number of ether oxygens (including phenoxy) is 1. The second kappa shape index (κ2) is 8.62. The summed E-state index contributed by atoms with van der Waals surface area (Å²) in [6.07, 6.45) is -3.53. The monoisotopic (exact) mass is 493 g/mol. The van der Waals surface area contributed by atoms with Crippen molar-refractivity contribution >= 4 is 32.5 Å². The van der Waals surface area contributed by atoms with Gasteiger partial charge in [-0.15, -0.1) is 0 Å². The molecule has 1 heterocycles. The molecule has 6 nitrogen and oxygen atoms in total.